The van der Waals surface area contributed by atoms with Crippen LogP contribution in [0.15, 0.2) is 28.7 Å². The number of nitrogens with zero attached hydrogens (tertiary/aromatic N) is 1. The molecule has 0 amide bonds. The molecule has 1 rings (SSSR count). The summed E-state index contributed by atoms with van der Waals surface area (Å²) >= 11 is 3.31. The Labute approximate surface area is 85.9 Å². The van der Waals surface area contributed by atoms with Gasteiger partial charge in [0.05, 0.1) is 18.1 Å². The molecule has 1 aromatic rings. The van der Waals surface area contributed by atoms with Crippen molar-refractivity contribution in [2.75, 3.05) is 0 Å². The van der Waals surface area contributed by atoms with Crippen LogP contribution in [-0.4, -0.2) is 5.11 Å². The smallest absolute Gasteiger partial charge is 0.0945 e. The van der Waals surface area contributed by atoms with E-state index in [0.717, 1.165) is 10.0 Å². The lowest BCUT2D eigenvalue weighted by Gasteiger charge is -2.12. The molecular weight excluding hydrogens is 230 g/mol. The topological polar surface area (TPSA) is 44.0 Å². The molecule has 1 aromatic carbocycles. The zero-order valence-electron chi connectivity index (χ0n) is 7.24. The van der Waals surface area contributed by atoms with E-state index in [-0.39, 0.29) is 5.92 Å². The molecule has 0 bridgehead atoms. The van der Waals surface area contributed by atoms with E-state index < -0.39 is 6.10 Å². The maximum absolute atomic E-state index is 9.67. The van der Waals surface area contributed by atoms with Crippen LogP contribution in [0.25, 0.3) is 0 Å². The predicted octanol–water partition coefficient (Wildman–Crippen LogP) is 2.64. The van der Waals surface area contributed by atoms with Crippen LogP contribution < -0.4 is 0 Å². The lowest BCUT2D eigenvalue weighted by Crippen LogP contribution is -2.06. The van der Waals surface area contributed by atoms with Gasteiger partial charge in [0.2, 0.25) is 0 Å². The van der Waals surface area contributed by atoms with E-state index in [2.05, 4.69) is 15.9 Å². The zero-order valence-corrected chi connectivity index (χ0v) is 8.82. The minimum absolute atomic E-state index is 0.380. The number of halogens is 1. The molecule has 1 N–H and O–H groups in total. The highest BCUT2D eigenvalue weighted by Gasteiger charge is 2.15. The summed E-state index contributed by atoms with van der Waals surface area (Å²) < 4.78 is 0.911. The Kier molecular flexibility index (Phi) is 3.47. The molecule has 0 saturated heterocycles. The molecule has 2 nitrogen and oxygen atoms in total. The SMILES string of the molecule is CC(C#N)C(O)c1cccc(Br)c1. The van der Waals surface area contributed by atoms with E-state index in [1.165, 1.54) is 0 Å². The fourth-order valence-electron chi connectivity index (χ4n) is 1.05. The van der Waals surface area contributed by atoms with E-state index in [9.17, 15) is 5.11 Å². The average Bonchev–Trinajstić information content (AvgIpc) is 2.15. The zero-order chi connectivity index (χ0) is 9.84. The Balaban J connectivity index is 2.90. The van der Waals surface area contributed by atoms with Crippen molar-refractivity contribution in [3.05, 3.63) is 34.3 Å². The predicted molar refractivity (Wildman–Crippen MR) is 53.9 cm³/mol. The van der Waals surface area contributed by atoms with Crippen LogP contribution in [0.1, 0.15) is 18.6 Å². The largest absolute Gasteiger partial charge is 0.387 e. The van der Waals surface area contributed by atoms with Crippen molar-refractivity contribution >= 4 is 15.9 Å². The van der Waals surface area contributed by atoms with Gasteiger partial charge in [-0.2, -0.15) is 5.26 Å². The molecule has 2 atom stereocenters. The van der Waals surface area contributed by atoms with Crippen LogP contribution in [0.2, 0.25) is 0 Å². The molecule has 0 fully saturated rings. The number of aliphatic hydroxyl groups is 1. The van der Waals surface area contributed by atoms with Crippen molar-refractivity contribution < 1.29 is 5.11 Å². The minimum Gasteiger partial charge on any atom is -0.387 e. The van der Waals surface area contributed by atoms with Gasteiger partial charge in [0.25, 0.3) is 0 Å². The van der Waals surface area contributed by atoms with Gasteiger partial charge in [0.15, 0.2) is 0 Å². The van der Waals surface area contributed by atoms with Crippen molar-refractivity contribution in [2.24, 2.45) is 5.92 Å². The lowest BCUT2D eigenvalue weighted by atomic mass is 9.99. The number of hydrogen-bond donors (Lipinski definition) is 1. The standard InChI is InChI=1S/C10H10BrNO/c1-7(6-12)10(13)8-3-2-4-9(11)5-8/h2-5,7,10,13H,1H3. The van der Waals surface area contributed by atoms with Crippen molar-refractivity contribution in [3.8, 4) is 6.07 Å². The summed E-state index contributed by atoms with van der Waals surface area (Å²) in [5.74, 6) is -0.380. The van der Waals surface area contributed by atoms with Crippen molar-refractivity contribution in [2.45, 2.75) is 13.0 Å². The minimum atomic E-state index is -0.706. The number of hydrogen-bond acceptors (Lipinski definition) is 2. The fourth-order valence-corrected chi connectivity index (χ4v) is 1.47. The third-order valence-electron chi connectivity index (χ3n) is 1.87. The third-order valence-corrected chi connectivity index (χ3v) is 2.36. The molecule has 13 heavy (non-hydrogen) atoms. The first-order chi connectivity index (χ1) is 6.15. The van der Waals surface area contributed by atoms with Crippen LogP contribution in [0, 0.1) is 17.2 Å². The first-order valence-corrected chi connectivity index (χ1v) is 4.77. The van der Waals surface area contributed by atoms with Crippen LogP contribution in [-0.2, 0) is 0 Å². The van der Waals surface area contributed by atoms with Crippen molar-refractivity contribution in [1.29, 1.82) is 5.26 Å². The van der Waals surface area contributed by atoms with Crippen molar-refractivity contribution in [3.63, 3.8) is 0 Å². The molecule has 0 spiro atoms. The highest BCUT2D eigenvalue weighted by molar-refractivity contribution is 9.10. The second-order valence-electron chi connectivity index (χ2n) is 2.92. The summed E-state index contributed by atoms with van der Waals surface area (Å²) in [6, 6.07) is 9.37. The molecule has 68 valence electrons. The van der Waals surface area contributed by atoms with E-state index in [4.69, 9.17) is 5.26 Å². The summed E-state index contributed by atoms with van der Waals surface area (Å²) in [5, 5.41) is 18.3. The third kappa shape index (κ3) is 2.55. The van der Waals surface area contributed by atoms with Crippen LogP contribution >= 0.6 is 15.9 Å². The molecule has 3 heteroatoms. The molecule has 0 aliphatic heterocycles. The molecule has 0 aromatic heterocycles. The van der Waals surface area contributed by atoms with Gasteiger partial charge in [-0.15, -0.1) is 0 Å². The lowest BCUT2D eigenvalue weighted by molar-refractivity contribution is 0.143. The molecule has 0 aliphatic carbocycles. The van der Waals surface area contributed by atoms with Gasteiger partial charge in [-0.25, -0.2) is 0 Å². The molecule has 0 radical (unpaired) electrons. The van der Waals surface area contributed by atoms with Crippen LogP contribution in [0.3, 0.4) is 0 Å². The normalized spacial score (nSPS) is 14.6. The maximum Gasteiger partial charge on any atom is 0.0945 e. The van der Waals surface area contributed by atoms with E-state index >= 15 is 0 Å². The molecule has 0 saturated carbocycles. The highest BCUT2D eigenvalue weighted by Crippen LogP contribution is 2.23. The number of rotatable bonds is 2. The average molecular weight is 240 g/mol. The van der Waals surface area contributed by atoms with Gasteiger partial charge in [0.1, 0.15) is 0 Å². The number of nitriles is 1. The Morgan fingerprint density at radius 1 is 1.54 bits per heavy atom. The summed E-state index contributed by atoms with van der Waals surface area (Å²) in [6.07, 6.45) is -0.706. The van der Waals surface area contributed by atoms with Gasteiger partial charge in [-0.05, 0) is 24.6 Å². The molecular formula is C10H10BrNO. The second-order valence-corrected chi connectivity index (χ2v) is 3.83. The fraction of sp³-hybridized carbons (Fsp3) is 0.300. The van der Waals surface area contributed by atoms with Gasteiger partial charge in [-0.3, -0.25) is 0 Å². The van der Waals surface area contributed by atoms with E-state index in [0.29, 0.717) is 0 Å². The maximum atomic E-state index is 9.67. The monoisotopic (exact) mass is 239 g/mol. The Bertz CT molecular complexity index is 332. The van der Waals surface area contributed by atoms with Crippen molar-refractivity contribution in [1.82, 2.24) is 0 Å². The van der Waals surface area contributed by atoms with Gasteiger partial charge in [-0.1, -0.05) is 28.1 Å². The van der Waals surface area contributed by atoms with Gasteiger partial charge < -0.3 is 5.11 Å². The van der Waals surface area contributed by atoms with E-state index in [1.54, 1.807) is 6.92 Å². The van der Waals surface area contributed by atoms with Gasteiger partial charge >= 0.3 is 0 Å². The Hall–Kier alpha value is -0.850. The Morgan fingerprint density at radius 3 is 2.77 bits per heavy atom. The van der Waals surface area contributed by atoms with Gasteiger partial charge in [0, 0.05) is 4.47 Å². The summed E-state index contributed by atoms with van der Waals surface area (Å²) in [6.45, 7) is 1.70. The Morgan fingerprint density at radius 2 is 2.23 bits per heavy atom. The molecule has 0 heterocycles. The summed E-state index contributed by atoms with van der Waals surface area (Å²) in [5.41, 5.74) is 0.767. The first kappa shape index (κ1) is 10.2. The number of aliphatic hydroxyl groups excluding tert-OH is 1. The highest BCUT2D eigenvalue weighted by atomic mass is 79.9. The first-order valence-electron chi connectivity index (χ1n) is 3.98. The summed E-state index contributed by atoms with van der Waals surface area (Å²) in [4.78, 5) is 0. The number of benzene rings is 1. The summed E-state index contributed by atoms with van der Waals surface area (Å²) in [7, 11) is 0. The molecule has 0 aliphatic rings. The second kappa shape index (κ2) is 4.40. The van der Waals surface area contributed by atoms with Crippen LogP contribution in [0.5, 0.6) is 0 Å². The molecule has 2 unspecified atom stereocenters. The quantitative estimate of drug-likeness (QED) is 0.863. The van der Waals surface area contributed by atoms with E-state index in [1.807, 2.05) is 30.3 Å². The van der Waals surface area contributed by atoms with Crippen LogP contribution in [0.4, 0.5) is 0 Å².